The first-order valence-corrected chi connectivity index (χ1v) is 15.7. The van der Waals surface area contributed by atoms with E-state index in [0.717, 1.165) is 27.0 Å². The van der Waals surface area contributed by atoms with Gasteiger partial charge in [-0.25, -0.2) is 0 Å². The van der Waals surface area contributed by atoms with Crippen molar-refractivity contribution in [3.8, 4) is 22.5 Å². The van der Waals surface area contributed by atoms with E-state index in [0.29, 0.717) is 0 Å². The molecule has 0 unspecified atom stereocenters. The van der Waals surface area contributed by atoms with Crippen LogP contribution in [0.3, 0.4) is 0 Å². The molecule has 1 radical (unpaired) electrons. The minimum absolute atomic E-state index is 0. The molecular formula is C39H47BrIrN2-2. The minimum Gasteiger partial charge on any atom is -0.305 e. The fourth-order valence-electron chi connectivity index (χ4n) is 6.36. The Bertz CT molecular complexity index is 1480. The molecule has 0 atom stereocenters. The third-order valence-electron chi connectivity index (χ3n) is 9.50. The number of rotatable bonds is 2. The Morgan fingerprint density at radius 3 is 1.77 bits per heavy atom. The number of nitrogens with zero attached hydrogens (tertiary/aromatic N) is 2. The van der Waals surface area contributed by atoms with Gasteiger partial charge in [0, 0.05) is 32.5 Å². The molecule has 0 amide bonds. The summed E-state index contributed by atoms with van der Waals surface area (Å²) in [6.45, 7) is 19.0. The summed E-state index contributed by atoms with van der Waals surface area (Å²) in [6, 6.07) is 25.4. The van der Waals surface area contributed by atoms with E-state index >= 15 is 0 Å². The number of benzene rings is 2. The van der Waals surface area contributed by atoms with Crippen LogP contribution in [0.1, 0.15) is 111 Å². The van der Waals surface area contributed by atoms with Crippen LogP contribution in [0.15, 0.2) is 71.5 Å². The van der Waals surface area contributed by atoms with E-state index in [1.165, 1.54) is 47.9 Å². The van der Waals surface area contributed by atoms with Gasteiger partial charge in [0.2, 0.25) is 0 Å². The normalized spacial score (nSPS) is 18.3. The van der Waals surface area contributed by atoms with E-state index in [1.54, 1.807) is 6.20 Å². The van der Waals surface area contributed by atoms with Crippen LogP contribution in [0.4, 0.5) is 0 Å². The minimum atomic E-state index is 0. The van der Waals surface area contributed by atoms with Gasteiger partial charge in [-0.05, 0) is 69.5 Å². The third-order valence-corrected chi connectivity index (χ3v) is 9.99. The van der Waals surface area contributed by atoms with Gasteiger partial charge in [-0.3, -0.25) is 0 Å². The topological polar surface area (TPSA) is 25.8 Å². The molecule has 0 saturated carbocycles. The predicted octanol–water partition coefficient (Wildman–Crippen LogP) is 11.2. The van der Waals surface area contributed by atoms with Gasteiger partial charge in [0.15, 0.2) is 0 Å². The second-order valence-electron chi connectivity index (χ2n) is 14.5. The van der Waals surface area contributed by atoms with E-state index in [4.69, 9.17) is 4.98 Å². The van der Waals surface area contributed by atoms with Crippen LogP contribution in [0.2, 0.25) is 0 Å². The molecule has 0 spiro atoms. The molecule has 43 heavy (non-hydrogen) atoms. The van der Waals surface area contributed by atoms with Crippen LogP contribution >= 0.6 is 15.9 Å². The van der Waals surface area contributed by atoms with Crippen LogP contribution in [-0.2, 0) is 41.8 Å². The number of pyridine rings is 2. The number of hydrogen-bond acceptors (Lipinski definition) is 2. The van der Waals surface area contributed by atoms with Crippen molar-refractivity contribution in [2.45, 2.75) is 110 Å². The van der Waals surface area contributed by atoms with E-state index < -0.39 is 0 Å². The maximum absolute atomic E-state index is 4.93. The average Bonchev–Trinajstić information content (AvgIpc) is 2.94. The van der Waals surface area contributed by atoms with E-state index in [-0.39, 0.29) is 49.2 Å². The van der Waals surface area contributed by atoms with Crippen molar-refractivity contribution < 1.29 is 20.1 Å². The molecule has 6 rings (SSSR count). The Labute approximate surface area is 283 Å². The van der Waals surface area contributed by atoms with Gasteiger partial charge in [0.1, 0.15) is 0 Å². The quantitative estimate of drug-likeness (QED) is 0.188. The maximum atomic E-state index is 4.93. The maximum Gasteiger partial charge on any atom is 0.0201 e. The molecule has 2 aliphatic rings. The average molecular weight is 816 g/mol. The summed E-state index contributed by atoms with van der Waals surface area (Å²) < 4.78 is 1.05. The number of halogens is 1. The van der Waals surface area contributed by atoms with Crippen molar-refractivity contribution in [3.63, 3.8) is 0 Å². The number of fused-ring (bicyclic) bond motifs is 2. The van der Waals surface area contributed by atoms with Gasteiger partial charge in [-0.2, -0.15) is 0 Å². The van der Waals surface area contributed by atoms with Crippen LogP contribution in [0.25, 0.3) is 22.5 Å². The molecule has 2 nitrogen and oxygen atoms in total. The largest absolute Gasteiger partial charge is 0.305 e. The molecule has 0 N–H and O–H groups in total. The molecule has 2 heterocycles. The van der Waals surface area contributed by atoms with Gasteiger partial charge in [-0.1, -0.05) is 108 Å². The molecule has 231 valence electrons. The Balaban J connectivity index is 0.000000285. The first-order chi connectivity index (χ1) is 19.2. The van der Waals surface area contributed by atoms with Gasteiger partial charge in [-0.15, -0.1) is 64.7 Å². The second kappa shape index (κ2) is 13.1. The monoisotopic (exact) mass is 815 g/mol. The number of aromatic nitrogens is 2. The Morgan fingerprint density at radius 1 is 0.628 bits per heavy atom. The molecule has 2 aromatic heterocycles. The van der Waals surface area contributed by atoms with Crippen molar-refractivity contribution >= 4 is 15.9 Å². The molecule has 0 aliphatic heterocycles. The van der Waals surface area contributed by atoms with Crippen LogP contribution in [0, 0.1) is 12.1 Å². The van der Waals surface area contributed by atoms with Gasteiger partial charge < -0.3 is 9.97 Å². The van der Waals surface area contributed by atoms with E-state index in [2.05, 4.69) is 113 Å². The van der Waals surface area contributed by atoms with Gasteiger partial charge >= 0.3 is 0 Å². The smallest absolute Gasteiger partial charge is 0.0201 e. The van der Waals surface area contributed by atoms with E-state index in [1.807, 2.05) is 36.4 Å². The Morgan fingerprint density at radius 2 is 1.19 bits per heavy atom. The van der Waals surface area contributed by atoms with Crippen molar-refractivity contribution in [1.82, 2.24) is 9.97 Å². The Hall–Kier alpha value is -2.13. The van der Waals surface area contributed by atoms with Crippen LogP contribution in [-0.4, -0.2) is 9.97 Å². The first kappa shape index (κ1) is 35.3. The Kier molecular flexibility index (Phi) is 10.8. The number of hydrogen-bond donors (Lipinski definition) is 0. The molecular weight excluding hydrogens is 769 g/mol. The van der Waals surface area contributed by atoms with Crippen molar-refractivity contribution in [1.29, 1.82) is 0 Å². The summed E-state index contributed by atoms with van der Waals surface area (Å²) >= 11 is 3.41. The zero-order valence-corrected chi connectivity index (χ0v) is 30.3. The molecule has 0 fully saturated rings. The van der Waals surface area contributed by atoms with Crippen LogP contribution in [0.5, 0.6) is 0 Å². The summed E-state index contributed by atoms with van der Waals surface area (Å²) in [5.74, 6) is 0. The summed E-state index contributed by atoms with van der Waals surface area (Å²) in [4.78, 5) is 9.16. The predicted molar refractivity (Wildman–Crippen MR) is 182 cm³/mol. The zero-order valence-electron chi connectivity index (χ0n) is 26.3. The fraction of sp³-hybridized carbons (Fsp3) is 0.436. The molecule has 2 aromatic carbocycles. The van der Waals surface area contributed by atoms with Gasteiger partial charge in [0.25, 0.3) is 0 Å². The van der Waals surface area contributed by atoms with Gasteiger partial charge in [0.05, 0.1) is 0 Å². The first-order valence-electron chi connectivity index (χ1n) is 14.9. The van der Waals surface area contributed by atoms with Crippen molar-refractivity contribution in [2.24, 2.45) is 0 Å². The summed E-state index contributed by atoms with van der Waals surface area (Å²) in [5.41, 5.74) is 10.9. The summed E-state index contributed by atoms with van der Waals surface area (Å²) in [6.07, 6.45) is 8.85. The third kappa shape index (κ3) is 7.41. The molecule has 0 saturated heterocycles. The van der Waals surface area contributed by atoms with Crippen LogP contribution < -0.4 is 0 Å². The standard InChI is InChI=1S/C27H36N.C11H7BrN.CH4.Ir/c1-24(2)11-12-25(3,4)20-15-18(9-10-19(20)24)23-16-21-22(17-28-23)27(7,8)14-13-26(21,5)6;12-10-5-3-4-9(8-10)11-6-1-2-7-13-11;;/h10,15-17H,11-14H2,1-8H3;1-3,5-8H;1H4;/q2*-1;;. The van der Waals surface area contributed by atoms with Crippen molar-refractivity contribution in [2.75, 3.05) is 0 Å². The second-order valence-corrected chi connectivity index (χ2v) is 15.4. The zero-order chi connectivity index (χ0) is 29.6. The molecule has 2 aliphatic carbocycles. The van der Waals surface area contributed by atoms with Crippen molar-refractivity contribution in [3.05, 3.63) is 106 Å². The summed E-state index contributed by atoms with van der Waals surface area (Å²) in [5, 5.41) is 0. The molecule has 4 aromatic rings. The molecule has 4 heteroatoms. The SMILES string of the molecule is Brc1cc[c-]c(-c2ccccn2)c1.C.CC1(C)CCC(C)(C)c2cc(-c3cc4c(cn3)C(C)(C)CCC4(C)C)[c-]cc21.[Ir]. The fourth-order valence-corrected chi connectivity index (χ4v) is 6.72. The van der Waals surface area contributed by atoms with E-state index in [9.17, 15) is 0 Å². The summed E-state index contributed by atoms with van der Waals surface area (Å²) in [7, 11) is 0. The molecule has 0 bridgehead atoms.